The molecule has 4 aromatic carbocycles. The van der Waals surface area contributed by atoms with Crippen LogP contribution in [0.1, 0.15) is 42.1 Å². The lowest BCUT2D eigenvalue weighted by Gasteiger charge is -2.41. The van der Waals surface area contributed by atoms with E-state index in [4.69, 9.17) is 23.2 Å². The summed E-state index contributed by atoms with van der Waals surface area (Å²) in [6, 6.07) is 27.0. The number of nitrogens with one attached hydrogen (secondary N) is 1. The zero-order chi connectivity index (χ0) is 31.4. The van der Waals surface area contributed by atoms with Crippen LogP contribution in [-0.4, -0.2) is 30.5 Å². The SMILES string of the molecule is CC(=O)[C@H](Cc1ccccc1)NC(=O)C1=CC[C@@H](c2cccc(Cl)c2)N(S(=O)(=O)c2ccc(Br)cc2)[C@H]1c1cccc(Cl)c1. The van der Waals surface area contributed by atoms with E-state index in [0.717, 1.165) is 10.0 Å². The fourth-order valence-corrected chi connectivity index (χ4v) is 7.85. The van der Waals surface area contributed by atoms with Crippen LogP contribution in [0.2, 0.25) is 10.0 Å². The summed E-state index contributed by atoms with van der Waals surface area (Å²) in [5.74, 6) is -0.749. The van der Waals surface area contributed by atoms with Gasteiger partial charge in [0.15, 0.2) is 5.78 Å². The number of hydrogen-bond acceptors (Lipinski definition) is 4. The number of Topliss-reactive ketones (excluding diaryl/α,β-unsaturated/α-hetero) is 1. The maximum absolute atomic E-state index is 14.6. The number of amides is 1. The molecule has 6 nitrogen and oxygen atoms in total. The molecule has 5 rings (SSSR count). The van der Waals surface area contributed by atoms with Crippen molar-refractivity contribution in [2.75, 3.05) is 0 Å². The summed E-state index contributed by atoms with van der Waals surface area (Å²) in [5, 5.41) is 3.74. The Bertz CT molecular complexity index is 1810. The van der Waals surface area contributed by atoms with Gasteiger partial charge in [0.05, 0.1) is 23.0 Å². The van der Waals surface area contributed by atoms with E-state index in [-0.39, 0.29) is 22.7 Å². The molecule has 1 N–H and O–H groups in total. The Hall–Kier alpha value is -3.27. The summed E-state index contributed by atoms with van der Waals surface area (Å²) in [5.41, 5.74) is 2.27. The van der Waals surface area contributed by atoms with Crippen LogP contribution in [-0.2, 0) is 26.0 Å². The summed E-state index contributed by atoms with van der Waals surface area (Å²) in [6.45, 7) is 1.43. The number of carbonyl (C=O) groups excluding carboxylic acids is 2. The first-order valence-electron chi connectivity index (χ1n) is 13.9. The van der Waals surface area contributed by atoms with E-state index in [9.17, 15) is 18.0 Å². The predicted molar refractivity (Wildman–Crippen MR) is 177 cm³/mol. The number of halogens is 3. The summed E-state index contributed by atoms with van der Waals surface area (Å²) in [6.07, 6.45) is 2.24. The van der Waals surface area contributed by atoms with Gasteiger partial charge in [-0.3, -0.25) is 9.59 Å². The van der Waals surface area contributed by atoms with Crippen molar-refractivity contribution in [1.29, 1.82) is 0 Å². The molecule has 3 atom stereocenters. The minimum Gasteiger partial charge on any atom is -0.342 e. The number of ketones is 1. The van der Waals surface area contributed by atoms with E-state index in [2.05, 4.69) is 21.2 Å². The van der Waals surface area contributed by atoms with Crippen molar-refractivity contribution in [2.24, 2.45) is 0 Å². The monoisotopic (exact) mass is 710 g/mol. The second-order valence-electron chi connectivity index (χ2n) is 10.5. The Labute approximate surface area is 275 Å². The van der Waals surface area contributed by atoms with Gasteiger partial charge < -0.3 is 5.32 Å². The highest BCUT2D eigenvalue weighted by Gasteiger charge is 2.45. The van der Waals surface area contributed by atoms with Crippen LogP contribution in [0.4, 0.5) is 0 Å². The summed E-state index contributed by atoms with van der Waals surface area (Å²) >= 11 is 16.2. The highest BCUT2D eigenvalue weighted by Crippen LogP contribution is 2.46. The van der Waals surface area contributed by atoms with Crippen LogP contribution >= 0.6 is 39.1 Å². The highest BCUT2D eigenvalue weighted by molar-refractivity contribution is 9.10. The third kappa shape index (κ3) is 7.16. The smallest absolute Gasteiger partial charge is 0.249 e. The van der Waals surface area contributed by atoms with E-state index in [1.807, 2.05) is 36.4 Å². The van der Waals surface area contributed by atoms with E-state index in [1.165, 1.54) is 23.4 Å². The van der Waals surface area contributed by atoms with E-state index in [1.54, 1.807) is 60.7 Å². The molecule has 0 aliphatic carbocycles. The molecule has 1 amide bonds. The first kappa shape index (κ1) is 32.1. The van der Waals surface area contributed by atoms with Gasteiger partial charge in [-0.15, -0.1) is 0 Å². The normalized spacial score (nSPS) is 17.9. The van der Waals surface area contributed by atoms with Crippen LogP contribution in [0.15, 0.2) is 124 Å². The molecular formula is C34H29BrCl2N2O4S. The standard InChI is InChI=1S/C34H29BrCl2N2O4S/c1-22(40)31(19-23-7-3-2-4-8-23)38-34(41)30-17-18-32(24-9-5-11-27(36)20-24)39(33(30)25-10-6-12-28(37)21-25)44(42,43)29-15-13-26(35)14-16-29/h2-17,20-21,31-33H,18-19H2,1H3,(H,38,41)/t31-,32-,33-/m0/s1. The van der Waals surface area contributed by atoms with Gasteiger partial charge >= 0.3 is 0 Å². The molecule has 1 heterocycles. The predicted octanol–water partition coefficient (Wildman–Crippen LogP) is 7.88. The molecule has 1 aliphatic rings. The van der Waals surface area contributed by atoms with Crippen LogP contribution in [0.5, 0.6) is 0 Å². The summed E-state index contributed by atoms with van der Waals surface area (Å²) in [4.78, 5) is 26.9. The first-order chi connectivity index (χ1) is 21.0. The van der Waals surface area contributed by atoms with Gasteiger partial charge in [0, 0.05) is 20.1 Å². The maximum Gasteiger partial charge on any atom is 0.249 e. The lowest BCUT2D eigenvalue weighted by Crippen LogP contribution is -2.47. The van der Waals surface area contributed by atoms with E-state index >= 15 is 0 Å². The molecule has 0 unspecified atom stereocenters. The molecule has 226 valence electrons. The largest absolute Gasteiger partial charge is 0.342 e. The average Bonchev–Trinajstić information content (AvgIpc) is 3.00. The van der Waals surface area contributed by atoms with Crippen molar-refractivity contribution in [1.82, 2.24) is 9.62 Å². The van der Waals surface area contributed by atoms with Crippen LogP contribution in [0.3, 0.4) is 0 Å². The Balaban J connectivity index is 1.65. The minimum absolute atomic E-state index is 0.0621. The number of sulfonamides is 1. The van der Waals surface area contributed by atoms with Crippen LogP contribution in [0.25, 0.3) is 0 Å². The first-order valence-corrected chi connectivity index (χ1v) is 16.9. The molecule has 4 aromatic rings. The van der Waals surface area contributed by atoms with Crippen molar-refractivity contribution in [2.45, 2.75) is 42.8 Å². The molecule has 0 fully saturated rings. The molecule has 1 aliphatic heterocycles. The highest BCUT2D eigenvalue weighted by atomic mass is 79.9. The maximum atomic E-state index is 14.6. The van der Waals surface area contributed by atoms with Gasteiger partial charge in [-0.05, 0) is 85.0 Å². The van der Waals surface area contributed by atoms with Gasteiger partial charge in [0.25, 0.3) is 0 Å². The van der Waals surface area contributed by atoms with Crippen molar-refractivity contribution < 1.29 is 18.0 Å². The van der Waals surface area contributed by atoms with Gasteiger partial charge in [-0.1, -0.05) is 99.8 Å². The third-order valence-electron chi connectivity index (χ3n) is 7.55. The van der Waals surface area contributed by atoms with Crippen molar-refractivity contribution in [3.63, 3.8) is 0 Å². The van der Waals surface area contributed by atoms with Crippen molar-refractivity contribution >= 4 is 60.8 Å². The fourth-order valence-electron chi connectivity index (χ4n) is 5.41. The molecule has 0 bridgehead atoms. The molecule has 0 radical (unpaired) electrons. The number of hydrogen-bond donors (Lipinski definition) is 1. The number of rotatable bonds is 9. The molecule has 0 spiro atoms. The zero-order valence-electron chi connectivity index (χ0n) is 23.7. The Morgan fingerprint density at radius 2 is 1.50 bits per heavy atom. The lowest BCUT2D eigenvalue weighted by atomic mass is 9.88. The second kappa shape index (κ2) is 13.8. The molecule has 0 saturated heterocycles. The minimum atomic E-state index is -4.22. The van der Waals surface area contributed by atoms with Crippen LogP contribution in [0, 0.1) is 0 Å². The fraction of sp³-hybridized carbons (Fsp3) is 0.176. The summed E-state index contributed by atoms with van der Waals surface area (Å²) < 4.78 is 31.3. The molecule has 0 aromatic heterocycles. The number of benzene rings is 4. The molecular weight excluding hydrogens is 683 g/mol. The second-order valence-corrected chi connectivity index (χ2v) is 14.2. The Kier molecular flexibility index (Phi) is 10.1. The quantitative estimate of drug-likeness (QED) is 0.192. The summed E-state index contributed by atoms with van der Waals surface area (Å²) in [7, 11) is -4.22. The van der Waals surface area contributed by atoms with Gasteiger partial charge in [-0.2, -0.15) is 4.31 Å². The zero-order valence-corrected chi connectivity index (χ0v) is 27.6. The van der Waals surface area contributed by atoms with Gasteiger partial charge in [0.1, 0.15) is 0 Å². The molecule has 10 heteroatoms. The Morgan fingerprint density at radius 1 is 0.886 bits per heavy atom. The van der Waals surface area contributed by atoms with Gasteiger partial charge in [0.2, 0.25) is 15.9 Å². The third-order valence-corrected chi connectivity index (χ3v) is 10.4. The van der Waals surface area contributed by atoms with E-state index in [0.29, 0.717) is 27.6 Å². The van der Waals surface area contributed by atoms with Crippen LogP contribution < -0.4 is 5.32 Å². The van der Waals surface area contributed by atoms with E-state index < -0.39 is 34.1 Å². The molecule has 44 heavy (non-hydrogen) atoms. The van der Waals surface area contributed by atoms with Gasteiger partial charge in [-0.25, -0.2) is 8.42 Å². The Morgan fingerprint density at radius 3 is 2.11 bits per heavy atom. The number of nitrogens with zero attached hydrogens (tertiary/aromatic N) is 1. The topological polar surface area (TPSA) is 83.6 Å². The van der Waals surface area contributed by atoms with Crippen molar-refractivity contribution in [3.8, 4) is 0 Å². The average molecular weight is 712 g/mol. The molecule has 0 saturated carbocycles. The number of carbonyl (C=O) groups is 2. The lowest BCUT2D eigenvalue weighted by molar-refractivity contribution is -0.125. The van der Waals surface area contributed by atoms with Crippen molar-refractivity contribution in [3.05, 3.63) is 146 Å².